The van der Waals surface area contributed by atoms with Crippen LogP contribution in [0.15, 0.2) is 16.3 Å². The third-order valence-corrected chi connectivity index (χ3v) is 3.79. The quantitative estimate of drug-likeness (QED) is 0.625. The van der Waals surface area contributed by atoms with E-state index in [0.717, 1.165) is 6.42 Å². The van der Waals surface area contributed by atoms with Crippen LogP contribution in [0.4, 0.5) is 0 Å². The maximum Gasteiger partial charge on any atom is 0.316 e. The highest BCUT2D eigenvalue weighted by atomic mass is 16.5. The van der Waals surface area contributed by atoms with Gasteiger partial charge in [-0.15, -0.1) is 0 Å². The summed E-state index contributed by atoms with van der Waals surface area (Å²) in [7, 11) is 1.29. The fraction of sp³-hybridized carbons (Fsp3) is 0.688. The molecule has 0 heterocycles. The van der Waals surface area contributed by atoms with Gasteiger partial charge in [0.15, 0.2) is 5.78 Å². The van der Waals surface area contributed by atoms with Crippen molar-refractivity contribution >= 4 is 17.5 Å². The maximum atomic E-state index is 12.4. The molecule has 0 aromatic heterocycles. The standard InChI is InChI=1S/C16H25NO4/c1-6-8-17-10(7-2)12-11(18)9-16(3,4)13(14(12)19)15(20)21-5/h13,19H,6-9H2,1-5H3. The predicted molar refractivity (Wildman–Crippen MR) is 81.4 cm³/mol. The summed E-state index contributed by atoms with van der Waals surface area (Å²) < 4.78 is 4.79. The van der Waals surface area contributed by atoms with Crippen LogP contribution >= 0.6 is 0 Å². The van der Waals surface area contributed by atoms with E-state index >= 15 is 0 Å². The topological polar surface area (TPSA) is 76.0 Å². The Bertz CT molecular complexity index is 489. The number of methoxy groups -OCH3 is 1. The third-order valence-electron chi connectivity index (χ3n) is 3.79. The van der Waals surface area contributed by atoms with E-state index in [2.05, 4.69) is 4.99 Å². The lowest BCUT2D eigenvalue weighted by Crippen LogP contribution is -2.41. The van der Waals surface area contributed by atoms with Crippen molar-refractivity contribution in [2.45, 2.75) is 47.0 Å². The molecule has 0 fully saturated rings. The summed E-state index contributed by atoms with van der Waals surface area (Å²) in [6, 6.07) is 0. The Labute approximate surface area is 126 Å². The lowest BCUT2D eigenvalue weighted by molar-refractivity contribution is -0.150. The predicted octanol–water partition coefficient (Wildman–Crippen LogP) is 2.85. The SMILES string of the molecule is CCCN=C(CC)C1=C(O)C(C(=O)OC)C(C)(C)CC1=O. The van der Waals surface area contributed by atoms with Gasteiger partial charge in [-0.1, -0.05) is 27.7 Å². The molecule has 1 aliphatic carbocycles. The van der Waals surface area contributed by atoms with Crippen LogP contribution in [0.3, 0.4) is 0 Å². The number of rotatable bonds is 5. The van der Waals surface area contributed by atoms with Crippen molar-refractivity contribution in [3.8, 4) is 0 Å². The van der Waals surface area contributed by atoms with Crippen LogP contribution in [-0.2, 0) is 14.3 Å². The summed E-state index contributed by atoms with van der Waals surface area (Å²) in [5.74, 6) is -1.70. The molecule has 1 aliphatic rings. The van der Waals surface area contributed by atoms with Crippen molar-refractivity contribution in [1.29, 1.82) is 0 Å². The lowest BCUT2D eigenvalue weighted by Gasteiger charge is -2.36. The van der Waals surface area contributed by atoms with Gasteiger partial charge in [-0.05, 0) is 18.3 Å². The number of esters is 1. The van der Waals surface area contributed by atoms with Crippen LogP contribution in [0.1, 0.15) is 47.0 Å². The molecule has 1 unspecified atom stereocenters. The fourth-order valence-electron chi connectivity index (χ4n) is 2.73. The first-order chi connectivity index (χ1) is 9.80. The minimum Gasteiger partial charge on any atom is -0.511 e. The summed E-state index contributed by atoms with van der Waals surface area (Å²) in [5, 5.41) is 10.5. The van der Waals surface area contributed by atoms with Gasteiger partial charge in [0.1, 0.15) is 11.7 Å². The molecular weight excluding hydrogens is 270 g/mol. The zero-order chi connectivity index (χ0) is 16.2. The summed E-state index contributed by atoms with van der Waals surface area (Å²) >= 11 is 0. The van der Waals surface area contributed by atoms with Crippen molar-refractivity contribution in [2.24, 2.45) is 16.3 Å². The van der Waals surface area contributed by atoms with E-state index < -0.39 is 17.3 Å². The molecular formula is C16H25NO4. The van der Waals surface area contributed by atoms with Gasteiger partial charge < -0.3 is 9.84 Å². The molecule has 0 radical (unpaired) electrons. The highest BCUT2D eigenvalue weighted by Gasteiger charge is 2.47. The molecule has 0 amide bonds. The molecule has 0 spiro atoms. The molecule has 5 nitrogen and oxygen atoms in total. The Hall–Kier alpha value is -1.65. The molecule has 0 aromatic rings. The second-order valence-electron chi connectivity index (χ2n) is 5.99. The summed E-state index contributed by atoms with van der Waals surface area (Å²) in [5.41, 5.74) is 0.117. The van der Waals surface area contributed by atoms with E-state index in [0.29, 0.717) is 18.7 Å². The van der Waals surface area contributed by atoms with Crippen LogP contribution in [0.2, 0.25) is 0 Å². The molecule has 1 atom stereocenters. The number of aliphatic imine (C=N–C) groups is 1. The van der Waals surface area contributed by atoms with Crippen molar-refractivity contribution < 1.29 is 19.4 Å². The Kier molecular flexibility index (Phi) is 5.70. The summed E-state index contributed by atoms with van der Waals surface area (Å²) in [4.78, 5) is 28.8. The maximum absolute atomic E-state index is 12.4. The van der Waals surface area contributed by atoms with Crippen molar-refractivity contribution in [2.75, 3.05) is 13.7 Å². The van der Waals surface area contributed by atoms with Crippen LogP contribution in [0.25, 0.3) is 0 Å². The number of hydrogen-bond acceptors (Lipinski definition) is 5. The second kappa shape index (κ2) is 6.87. The van der Waals surface area contributed by atoms with Crippen LogP contribution in [0.5, 0.6) is 0 Å². The molecule has 0 saturated carbocycles. The summed E-state index contributed by atoms with van der Waals surface area (Å²) in [6.45, 7) is 8.05. The molecule has 1 rings (SSSR count). The first-order valence-corrected chi connectivity index (χ1v) is 7.37. The van der Waals surface area contributed by atoms with Crippen molar-refractivity contribution in [3.05, 3.63) is 11.3 Å². The number of allylic oxidation sites excluding steroid dienone is 1. The van der Waals surface area contributed by atoms with Crippen LogP contribution in [-0.4, -0.2) is 36.2 Å². The van der Waals surface area contributed by atoms with Gasteiger partial charge in [-0.2, -0.15) is 0 Å². The van der Waals surface area contributed by atoms with Gasteiger partial charge in [-0.3, -0.25) is 14.6 Å². The van der Waals surface area contributed by atoms with E-state index in [-0.39, 0.29) is 23.5 Å². The van der Waals surface area contributed by atoms with Gasteiger partial charge in [0, 0.05) is 18.7 Å². The smallest absolute Gasteiger partial charge is 0.316 e. The Morgan fingerprint density at radius 3 is 2.52 bits per heavy atom. The van der Waals surface area contributed by atoms with Crippen molar-refractivity contribution in [1.82, 2.24) is 0 Å². The van der Waals surface area contributed by atoms with E-state index in [1.54, 1.807) is 13.8 Å². The molecule has 1 N–H and O–H groups in total. The normalized spacial score (nSPS) is 22.4. The number of aliphatic hydroxyl groups excluding tert-OH is 1. The van der Waals surface area contributed by atoms with Gasteiger partial charge in [0.2, 0.25) is 0 Å². The highest BCUT2D eigenvalue weighted by molar-refractivity contribution is 6.23. The molecule has 21 heavy (non-hydrogen) atoms. The first-order valence-electron chi connectivity index (χ1n) is 7.37. The number of nitrogens with zero attached hydrogens (tertiary/aromatic N) is 1. The first kappa shape index (κ1) is 17.4. The Balaban J connectivity index is 3.39. The largest absolute Gasteiger partial charge is 0.511 e. The van der Waals surface area contributed by atoms with E-state index in [9.17, 15) is 14.7 Å². The number of Topliss-reactive ketones (excluding diaryl/α,β-unsaturated/α-hetero) is 1. The van der Waals surface area contributed by atoms with Crippen LogP contribution < -0.4 is 0 Å². The Morgan fingerprint density at radius 2 is 2.05 bits per heavy atom. The van der Waals surface area contributed by atoms with Gasteiger partial charge >= 0.3 is 5.97 Å². The molecule has 0 aromatic carbocycles. The minimum absolute atomic E-state index is 0.158. The zero-order valence-corrected chi connectivity index (χ0v) is 13.5. The third kappa shape index (κ3) is 3.52. The van der Waals surface area contributed by atoms with E-state index in [1.165, 1.54) is 7.11 Å². The molecule has 118 valence electrons. The number of hydrogen-bond donors (Lipinski definition) is 1. The van der Waals surface area contributed by atoms with E-state index in [1.807, 2.05) is 13.8 Å². The lowest BCUT2D eigenvalue weighted by atomic mass is 9.67. The molecule has 0 bridgehead atoms. The van der Waals surface area contributed by atoms with Gasteiger partial charge in [-0.25, -0.2) is 0 Å². The van der Waals surface area contributed by atoms with Gasteiger partial charge in [0.05, 0.1) is 12.7 Å². The molecule has 0 aliphatic heterocycles. The molecule has 0 saturated heterocycles. The number of carbonyl (C=O) groups excluding carboxylic acids is 2. The highest BCUT2D eigenvalue weighted by Crippen LogP contribution is 2.42. The Morgan fingerprint density at radius 1 is 1.43 bits per heavy atom. The van der Waals surface area contributed by atoms with Crippen LogP contribution in [0, 0.1) is 11.3 Å². The monoisotopic (exact) mass is 295 g/mol. The van der Waals surface area contributed by atoms with E-state index in [4.69, 9.17) is 4.74 Å². The molecule has 5 heteroatoms. The average molecular weight is 295 g/mol. The van der Waals surface area contributed by atoms with Crippen molar-refractivity contribution in [3.63, 3.8) is 0 Å². The minimum atomic E-state index is -0.825. The number of carbonyl (C=O) groups is 2. The fourth-order valence-corrected chi connectivity index (χ4v) is 2.73. The number of ether oxygens (including phenoxy) is 1. The number of aliphatic hydroxyl groups is 1. The number of ketones is 1. The van der Waals surface area contributed by atoms with Gasteiger partial charge in [0.25, 0.3) is 0 Å². The summed E-state index contributed by atoms with van der Waals surface area (Å²) in [6.07, 6.45) is 1.59. The zero-order valence-electron chi connectivity index (χ0n) is 13.5. The second-order valence-corrected chi connectivity index (χ2v) is 5.99. The average Bonchev–Trinajstić information content (AvgIpc) is 2.40.